The van der Waals surface area contributed by atoms with Crippen molar-refractivity contribution >= 4 is 12.6 Å². The van der Waals surface area contributed by atoms with E-state index >= 15 is 0 Å². The number of Topliss-reactive ketones (excluding diaryl/α,β-unsaturated/α-hetero) is 1. The zero-order valence-corrected chi connectivity index (χ0v) is 7.91. The maximum absolute atomic E-state index is 11.7. The molecule has 0 saturated heterocycles. The van der Waals surface area contributed by atoms with Crippen LogP contribution in [0.15, 0.2) is 30.3 Å². The Kier molecular flexibility index (Phi) is 2.61. The fraction of sp³-hybridized carbons (Fsp3) is 0.273. The van der Waals surface area contributed by atoms with Crippen molar-refractivity contribution in [1.82, 2.24) is 0 Å². The molecule has 2 nitrogen and oxygen atoms in total. The maximum atomic E-state index is 11.7. The number of hydrogen-bond acceptors (Lipinski definition) is 1. The standard InChI is InChI=1S/C11H13O2/c1-11(2,13-3)10(12)9-7-5-4-6-8-9/h4-8H,3H2,1-2H3/q+1. The first-order valence-corrected chi connectivity index (χ1v) is 4.11. The number of carbonyl (C=O) groups is 1. The first-order valence-electron chi connectivity index (χ1n) is 4.11. The van der Waals surface area contributed by atoms with Gasteiger partial charge in [0.15, 0.2) is 0 Å². The molecule has 1 rings (SSSR count). The molecule has 0 fully saturated rings. The number of ketones is 1. The van der Waals surface area contributed by atoms with Crippen molar-refractivity contribution in [3.8, 4) is 0 Å². The Hall–Kier alpha value is -1.44. The van der Waals surface area contributed by atoms with Crippen LogP contribution in [-0.2, 0) is 4.42 Å². The monoisotopic (exact) mass is 177 g/mol. The van der Waals surface area contributed by atoms with Gasteiger partial charge in [0.2, 0.25) is 0 Å². The Balaban J connectivity index is 2.99. The number of rotatable bonds is 3. The molecule has 0 radical (unpaired) electrons. The van der Waals surface area contributed by atoms with Gasteiger partial charge in [-0.1, -0.05) is 30.3 Å². The summed E-state index contributed by atoms with van der Waals surface area (Å²) in [5, 5.41) is 0. The van der Waals surface area contributed by atoms with Crippen LogP contribution in [0.2, 0.25) is 0 Å². The molecule has 1 aromatic rings. The summed E-state index contributed by atoms with van der Waals surface area (Å²) in [4.78, 5) is 11.7. The van der Waals surface area contributed by atoms with Crippen LogP contribution in [0, 0.1) is 0 Å². The van der Waals surface area contributed by atoms with Crippen molar-refractivity contribution in [2.75, 3.05) is 0 Å². The van der Waals surface area contributed by atoms with Crippen LogP contribution in [0.1, 0.15) is 24.2 Å². The Bertz CT molecular complexity index is 312. The van der Waals surface area contributed by atoms with E-state index in [0.717, 1.165) is 0 Å². The first-order chi connectivity index (χ1) is 6.08. The van der Waals surface area contributed by atoms with E-state index in [1.807, 2.05) is 18.2 Å². The fourth-order valence-corrected chi connectivity index (χ4v) is 1.00. The van der Waals surface area contributed by atoms with Crippen LogP contribution in [0.5, 0.6) is 0 Å². The van der Waals surface area contributed by atoms with Gasteiger partial charge in [0, 0.05) is 19.4 Å². The molecule has 0 aliphatic heterocycles. The van der Waals surface area contributed by atoms with Gasteiger partial charge in [-0.3, -0.25) is 9.22 Å². The molecule has 2 heteroatoms. The highest BCUT2D eigenvalue weighted by Crippen LogP contribution is 2.13. The summed E-state index contributed by atoms with van der Waals surface area (Å²) < 4.78 is 4.85. The molecular weight excluding hydrogens is 164 g/mol. The number of carbonyl (C=O) groups excluding carboxylic acids is 2. The van der Waals surface area contributed by atoms with Crippen molar-refractivity contribution in [1.29, 1.82) is 0 Å². The molecule has 0 aromatic heterocycles. The predicted octanol–water partition coefficient (Wildman–Crippen LogP) is 2.01. The minimum Gasteiger partial charge on any atom is -0.283 e. The smallest absolute Gasteiger partial charge is 0.283 e. The summed E-state index contributed by atoms with van der Waals surface area (Å²) >= 11 is 0. The Morgan fingerprint density at radius 3 is 2.31 bits per heavy atom. The van der Waals surface area contributed by atoms with E-state index < -0.39 is 5.60 Å². The van der Waals surface area contributed by atoms with Crippen LogP contribution >= 0.6 is 0 Å². The summed E-state index contributed by atoms with van der Waals surface area (Å²) in [7, 11) is 0. The lowest BCUT2D eigenvalue weighted by Gasteiger charge is -2.06. The summed E-state index contributed by atoms with van der Waals surface area (Å²) in [6.45, 7) is 6.69. The molecule has 13 heavy (non-hydrogen) atoms. The molecular formula is C11H13O2+. The summed E-state index contributed by atoms with van der Waals surface area (Å²) in [5.74, 6) is -0.0527. The van der Waals surface area contributed by atoms with Crippen LogP contribution in [0.4, 0.5) is 0 Å². The molecule has 0 aliphatic rings. The van der Waals surface area contributed by atoms with Crippen LogP contribution in [0.25, 0.3) is 0 Å². The van der Waals surface area contributed by atoms with Gasteiger partial charge in [-0.25, -0.2) is 0 Å². The largest absolute Gasteiger partial charge is 0.335 e. The van der Waals surface area contributed by atoms with Gasteiger partial charge < -0.3 is 0 Å². The second-order valence-electron chi connectivity index (χ2n) is 3.35. The second-order valence-corrected chi connectivity index (χ2v) is 3.35. The maximum Gasteiger partial charge on any atom is 0.335 e. The van der Waals surface area contributed by atoms with Gasteiger partial charge in [0.1, 0.15) is 0 Å². The van der Waals surface area contributed by atoms with E-state index in [9.17, 15) is 4.79 Å². The predicted molar refractivity (Wildman–Crippen MR) is 52.0 cm³/mol. The zero-order valence-electron chi connectivity index (χ0n) is 7.91. The Labute approximate surface area is 77.9 Å². The molecule has 0 N–H and O–H groups in total. The highest BCUT2D eigenvalue weighted by Gasteiger charge is 2.37. The summed E-state index contributed by atoms with van der Waals surface area (Å²) in [6, 6.07) is 9.06. The molecule has 0 atom stereocenters. The molecule has 0 saturated carbocycles. The van der Waals surface area contributed by atoms with Crippen molar-refractivity contribution in [3.63, 3.8) is 0 Å². The molecule has 0 heterocycles. The van der Waals surface area contributed by atoms with E-state index in [1.165, 1.54) is 0 Å². The number of hydrogen-bond donors (Lipinski definition) is 0. The molecule has 1 aromatic carbocycles. The lowest BCUT2D eigenvalue weighted by Crippen LogP contribution is -2.32. The molecule has 0 bridgehead atoms. The summed E-state index contributed by atoms with van der Waals surface area (Å²) in [6.07, 6.45) is 0. The minimum atomic E-state index is -0.846. The third kappa shape index (κ3) is 2.02. The first kappa shape index (κ1) is 9.65. The SMILES string of the molecule is C=[O+]C(C)(C)C(=O)c1ccccc1. The average Bonchev–Trinajstić information content (AvgIpc) is 2.18. The molecule has 0 amide bonds. The van der Waals surface area contributed by atoms with E-state index in [1.54, 1.807) is 26.0 Å². The van der Waals surface area contributed by atoms with Gasteiger partial charge in [-0.15, -0.1) is 0 Å². The van der Waals surface area contributed by atoms with E-state index in [-0.39, 0.29) is 5.78 Å². The molecule has 0 unspecified atom stereocenters. The van der Waals surface area contributed by atoms with Gasteiger partial charge in [-0.05, 0) is 0 Å². The average molecular weight is 177 g/mol. The highest BCUT2D eigenvalue weighted by molar-refractivity contribution is 6.01. The molecule has 0 aliphatic carbocycles. The molecule has 68 valence electrons. The second kappa shape index (κ2) is 3.52. The van der Waals surface area contributed by atoms with E-state index in [4.69, 9.17) is 4.42 Å². The zero-order chi connectivity index (χ0) is 9.90. The van der Waals surface area contributed by atoms with Crippen molar-refractivity contribution < 1.29 is 9.22 Å². The Morgan fingerprint density at radius 2 is 1.85 bits per heavy atom. The van der Waals surface area contributed by atoms with Gasteiger partial charge in [0.25, 0.3) is 12.6 Å². The van der Waals surface area contributed by atoms with Crippen LogP contribution in [-0.4, -0.2) is 18.2 Å². The third-order valence-electron chi connectivity index (χ3n) is 1.94. The van der Waals surface area contributed by atoms with E-state index in [2.05, 4.69) is 6.79 Å². The quantitative estimate of drug-likeness (QED) is 0.512. The number of benzene rings is 1. The van der Waals surface area contributed by atoms with Gasteiger partial charge in [-0.2, -0.15) is 0 Å². The minimum absolute atomic E-state index is 0.0527. The topological polar surface area (TPSA) is 28.4 Å². The third-order valence-corrected chi connectivity index (χ3v) is 1.94. The van der Waals surface area contributed by atoms with Crippen molar-refractivity contribution in [2.24, 2.45) is 0 Å². The van der Waals surface area contributed by atoms with Crippen LogP contribution in [0.3, 0.4) is 0 Å². The molecule has 0 spiro atoms. The van der Waals surface area contributed by atoms with Gasteiger partial charge in [0.05, 0.1) is 0 Å². The fourth-order valence-electron chi connectivity index (χ4n) is 1.00. The lowest BCUT2D eigenvalue weighted by molar-refractivity contribution is -0.513. The lowest BCUT2D eigenvalue weighted by atomic mass is 9.97. The van der Waals surface area contributed by atoms with Gasteiger partial charge >= 0.3 is 5.60 Å². The normalized spacial score (nSPS) is 10.9. The van der Waals surface area contributed by atoms with Crippen LogP contribution < -0.4 is 0 Å². The van der Waals surface area contributed by atoms with Crippen molar-refractivity contribution in [3.05, 3.63) is 35.9 Å². The van der Waals surface area contributed by atoms with Crippen molar-refractivity contribution in [2.45, 2.75) is 19.4 Å². The van der Waals surface area contributed by atoms with E-state index in [0.29, 0.717) is 5.56 Å². The highest BCUT2D eigenvalue weighted by atomic mass is 16.4. The summed E-state index contributed by atoms with van der Waals surface area (Å²) in [5.41, 5.74) is -0.197. The Morgan fingerprint density at radius 1 is 1.31 bits per heavy atom.